The van der Waals surface area contributed by atoms with Crippen molar-refractivity contribution in [3.05, 3.63) is 0 Å². The third kappa shape index (κ3) is 20.3. The van der Waals surface area contributed by atoms with E-state index in [4.69, 9.17) is 9.47 Å². The Morgan fingerprint density at radius 2 is 0.794 bits per heavy atom. The van der Waals surface area contributed by atoms with E-state index in [1.165, 1.54) is 64.2 Å². The second kappa shape index (κ2) is 23.7. The van der Waals surface area contributed by atoms with E-state index in [-0.39, 0.29) is 24.1 Å². The molecule has 0 bridgehead atoms. The molecule has 0 saturated carbocycles. The average Bonchev–Trinajstić information content (AvgIpc) is 2.84. The lowest BCUT2D eigenvalue weighted by atomic mass is 9.96. The first kappa shape index (κ1) is 32.9. The number of hydrogen-bond donors (Lipinski definition) is 0. The van der Waals surface area contributed by atoms with Crippen molar-refractivity contribution in [2.75, 3.05) is 0 Å². The van der Waals surface area contributed by atoms with Gasteiger partial charge in [-0.25, -0.2) is 0 Å². The van der Waals surface area contributed by atoms with Gasteiger partial charge in [-0.15, -0.1) is 0 Å². The van der Waals surface area contributed by atoms with E-state index in [9.17, 15) is 9.59 Å². The zero-order chi connectivity index (χ0) is 25.4. The van der Waals surface area contributed by atoms with E-state index >= 15 is 0 Å². The molecule has 202 valence electrons. The van der Waals surface area contributed by atoms with Crippen molar-refractivity contribution < 1.29 is 19.1 Å². The van der Waals surface area contributed by atoms with Gasteiger partial charge in [0.05, 0.1) is 0 Å². The number of ether oxygens (including phenoxy) is 2. The molecule has 0 aliphatic heterocycles. The molecule has 0 atom stereocenters. The van der Waals surface area contributed by atoms with Crippen molar-refractivity contribution in [1.82, 2.24) is 0 Å². The molecule has 0 radical (unpaired) electrons. The van der Waals surface area contributed by atoms with Crippen molar-refractivity contribution in [3.63, 3.8) is 0 Å². The molecule has 34 heavy (non-hydrogen) atoms. The van der Waals surface area contributed by atoms with E-state index in [0.717, 1.165) is 57.3 Å². The summed E-state index contributed by atoms with van der Waals surface area (Å²) in [5.41, 5.74) is 0. The van der Waals surface area contributed by atoms with Crippen LogP contribution in [0.4, 0.5) is 0 Å². The highest BCUT2D eigenvalue weighted by molar-refractivity contribution is 5.69. The number of rotatable bonds is 24. The van der Waals surface area contributed by atoms with Crippen LogP contribution in [0.5, 0.6) is 0 Å². The maximum Gasteiger partial charge on any atom is 0.306 e. The second-order valence-corrected chi connectivity index (χ2v) is 10.3. The summed E-state index contributed by atoms with van der Waals surface area (Å²) in [6.07, 6.45) is 22.3. The highest BCUT2D eigenvalue weighted by Gasteiger charge is 2.11. The molecule has 0 amide bonds. The maximum absolute atomic E-state index is 11.8. The zero-order valence-corrected chi connectivity index (χ0v) is 23.5. The smallest absolute Gasteiger partial charge is 0.306 e. The minimum Gasteiger partial charge on any atom is -0.462 e. The normalized spacial score (nSPS) is 11.5. The van der Waals surface area contributed by atoms with Crippen molar-refractivity contribution in [2.45, 2.75) is 175 Å². The van der Waals surface area contributed by atoms with Crippen LogP contribution in [0.2, 0.25) is 0 Å². The summed E-state index contributed by atoms with van der Waals surface area (Å²) in [5.74, 6) is 0.805. The summed E-state index contributed by atoms with van der Waals surface area (Å²) in [4.78, 5) is 23.6. The Balaban J connectivity index is 3.42. The summed E-state index contributed by atoms with van der Waals surface area (Å²) < 4.78 is 10.9. The minimum atomic E-state index is -0.0141. The topological polar surface area (TPSA) is 52.6 Å². The molecule has 0 fully saturated rings. The van der Waals surface area contributed by atoms with Gasteiger partial charge in [-0.3, -0.25) is 9.59 Å². The molecule has 0 saturated heterocycles. The van der Waals surface area contributed by atoms with Crippen LogP contribution in [0, 0.1) is 5.92 Å². The molecule has 4 heteroatoms. The van der Waals surface area contributed by atoms with Gasteiger partial charge in [-0.2, -0.15) is 0 Å². The SMILES string of the molecule is CCC(CC)OC(=O)CCCCCCCCC(C)CCCCCCCCC(=O)OC(CC)CC. The molecule has 0 unspecified atom stereocenters. The van der Waals surface area contributed by atoms with Crippen molar-refractivity contribution in [1.29, 1.82) is 0 Å². The summed E-state index contributed by atoms with van der Waals surface area (Å²) in [7, 11) is 0. The molecule has 0 heterocycles. The fourth-order valence-corrected chi connectivity index (χ4v) is 4.48. The molecule has 0 aromatic heterocycles. The van der Waals surface area contributed by atoms with Crippen molar-refractivity contribution >= 4 is 11.9 Å². The summed E-state index contributed by atoms with van der Waals surface area (Å²) in [6, 6.07) is 0. The summed E-state index contributed by atoms with van der Waals surface area (Å²) in [5, 5.41) is 0. The summed E-state index contributed by atoms with van der Waals surface area (Å²) in [6.45, 7) is 10.7. The van der Waals surface area contributed by atoms with Crippen LogP contribution in [0.25, 0.3) is 0 Å². The van der Waals surface area contributed by atoms with Crippen molar-refractivity contribution in [2.24, 2.45) is 5.92 Å². The van der Waals surface area contributed by atoms with Gasteiger partial charge in [0.15, 0.2) is 0 Å². The highest BCUT2D eigenvalue weighted by Crippen LogP contribution is 2.19. The van der Waals surface area contributed by atoms with Gasteiger partial charge in [0.1, 0.15) is 12.2 Å². The lowest BCUT2D eigenvalue weighted by molar-refractivity contribution is -0.150. The van der Waals surface area contributed by atoms with Crippen LogP contribution in [-0.4, -0.2) is 24.1 Å². The molecule has 0 N–H and O–H groups in total. The van der Waals surface area contributed by atoms with E-state index in [2.05, 4.69) is 34.6 Å². The number of carbonyl (C=O) groups excluding carboxylic acids is 2. The Bertz CT molecular complexity index is 426. The first-order valence-electron chi connectivity index (χ1n) is 14.9. The Hall–Kier alpha value is -1.06. The number of carbonyl (C=O) groups is 2. The van der Waals surface area contributed by atoms with Gasteiger partial charge in [0.25, 0.3) is 0 Å². The third-order valence-corrected chi connectivity index (χ3v) is 7.07. The molecule has 0 aliphatic carbocycles. The Labute approximate surface area is 212 Å². The zero-order valence-electron chi connectivity index (χ0n) is 23.5. The fraction of sp³-hybridized carbons (Fsp3) is 0.933. The quantitative estimate of drug-likeness (QED) is 0.102. The first-order valence-corrected chi connectivity index (χ1v) is 14.9. The van der Waals surface area contributed by atoms with Gasteiger partial charge in [0, 0.05) is 12.8 Å². The number of hydrogen-bond acceptors (Lipinski definition) is 4. The maximum atomic E-state index is 11.8. The van der Waals surface area contributed by atoms with E-state index in [1.807, 2.05) is 0 Å². The molecule has 0 aromatic carbocycles. The standard InChI is InChI=1S/C30H58O4/c1-6-27(7-2)33-29(31)24-20-16-12-10-14-18-22-26(5)23-19-15-11-13-17-21-25-30(32)34-28(8-3)9-4/h26-28H,6-25H2,1-5H3. The molecular weight excluding hydrogens is 424 g/mol. The van der Waals surface area contributed by atoms with Gasteiger partial charge >= 0.3 is 11.9 Å². The summed E-state index contributed by atoms with van der Waals surface area (Å²) >= 11 is 0. The Morgan fingerprint density at radius 3 is 1.12 bits per heavy atom. The van der Waals surface area contributed by atoms with E-state index < -0.39 is 0 Å². The largest absolute Gasteiger partial charge is 0.462 e. The Kier molecular flexibility index (Phi) is 22.9. The van der Waals surface area contributed by atoms with E-state index in [0.29, 0.717) is 12.8 Å². The van der Waals surface area contributed by atoms with Gasteiger partial charge in [-0.1, -0.05) is 112 Å². The molecular formula is C30H58O4. The molecule has 0 aliphatic rings. The fourth-order valence-electron chi connectivity index (χ4n) is 4.48. The van der Waals surface area contributed by atoms with Crippen LogP contribution >= 0.6 is 0 Å². The van der Waals surface area contributed by atoms with Crippen LogP contribution in [0.3, 0.4) is 0 Å². The van der Waals surface area contributed by atoms with Crippen molar-refractivity contribution in [3.8, 4) is 0 Å². The van der Waals surface area contributed by atoms with Crippen LogP contribution in [0.15, 0.2) is 0 Å². The highest BCUT2D eigenvalue weighted by atomic mass is 16.5. The Morgan fingerprint density at radius 1 is 0.500 bits per heavy atom. The van der Waals surface area contributed by atoms with Crippen LogP contribution in [-0.2, 0) is 19.1 Å². The lowest BCUT2D eigenvalue weighted by Crippen LogP contribution is -2.16. The van der Waals surface area contributed by atoms with Gasteiger partial charge in [-0.05, 0) is 44.4 Å². The second-order valence-electron chi connectivity index (χ2n) is 10.3. The molecule has 4 nitrogen and oxygen atoms in total. The van der Waals surface area contributed by atoms with Crippen LogP contribution in [0.1, 0.15) is 163 Å². The molecule has 0 aromatic rings. The predicted molar refractivity (Wildman–Crippen MR) is 144 cm³/mol. The van der Waals surface area contributed by atoms with Gasteiger partial charge < -0.3 is 9.47 Å². The first-order chi connectivity index (χ1) is 16.5. The van der Waals surface area contributed by atoms with Crippen LogP contribution < -0.4 is 0 Å². The number of unbranched alkanes of at least 4 members (excludes halogenated alkanes) is 10. The molecule has 0 spiro atoms. The predicted octanol–water partition coefficient (Wildman–Crippen LogP) is 9.33. The molecule has 0 rings (SSSR count). The lowest BCUT2D eigenvalue weighted by Gasteiger charge is -2.13. The minimum absolute atomic E-state index is 0.0141. The monoisotopic (exact) mass is 482 g/mol. The third-order valence-electron chi connectivity index (χ3n) is 7.07. The average molecular weight is 483 g/mol. The van der Waals surface area contributed by atoms with E-state index in [1.54, 1.807) is 0 Å². The van der Waals surface area contributed by atoms with Gasteiger partial charge in [0.2, 0.25) is 0 Å². The number of esters is 2.